The zero-order valence-corrected chi connectivity index (χ0v) is 15.9. The SMILES string of the molecule is O=C([O-])C(=O)[O-].[Na+].[Na+].c1ccc(Nc2ccccc2)cc1. The number of nitrogens with one attached hydrogen (secondary N) is 1. The molecule has 0 saturated heterocycles. The van der Waals surface area contributed by atoms with Crippen molar-refractivity contribution < 1.29 is 78.9 Å². The Morgan fingerprint density at radius 3 is 1.19 bits per heavy atom. The van der Waals surface area contributed by atoms with E-state index in [1.165, 1.54) is 0 Å². The van der Waals surface area contributed by atoms with Gasteiger partial charge in [-0.05, 0) is 24.3 Å². The molecule has 98 valence electrons. The van der Waals surface area contributed by atoms with E-state index in [-0.39, 0.29) is 59.1 Å². The first-order chi connectivity index (χ1) is 9.09. The molecule has 0 aliphatic carbocycles. The third-order valence-electron chi connectivity index (χ3n) is 2.00. The van der Waals surface area contributed by atoms with Crippen LogP contribution in [0.15, 0.2) is 60.7 Å². The van der Waals surface area contributed by atoms with Crippen LogP contribution in [0.2, 0.25) is 0 Å². The number of carbonyl (C=O) groups is 2. The first kappa shape index (κ1) is 22.5. The number of hydrogen-bond acceptors (Lipinski definition) is 5. The Hall–Kier alpha value is -0.820. The summed E-state index contributed by atoms with van der Waals surface area (Å²) in [6.45, 7) is 0. The minimum Gasteiger partial charge on any atom is -0.543 e. The van der Waals surface area contributed by atoms with E-state index < -0.39 is 11.9 Å². The van der Waals surface area contributed by atoms with Crippen molar-refractivity contribution in [1.82, 2.24) is 0 Å². The summed E-state index contributed by atoms with van der Waals surface area (Å²) in [6.07, 6.45) is 0. The molecule has 2 rings (SSSR count). The van der Waals surface area contributed by atoms with Gasteiger partial charge in [0.15, 0.2) is 0 Å². The third-order valence-corrected chi connectivity index (χ3v) is 2.00. The molecule has 5 nitrogen and oxygen atoms in total. The van der Waals surface area contributed by atoms with E-state index in [0.29, 0.717) is 0 Å². The van der Waals surface area contributed by atoms with Gasteiger partial charge in [-0.1, -0.05) is 36.4 Å². The topological polar surface area (TPSA) is 92.3 Å². The van der Waals surface area contributed by atoms with E-state index in [9.17, 15) is 0 Å². The summed E-state index contributed by atoms with van der Waals surface area (Å²) in [4.78, 5) is 17.9. The van der Waals surface area contributed by atoms with Crippen molar-refractivity contribution in [3.63, 3.8) is 0 Å². The van der Waals surface area contributed by atoms with E-state index in [4.69, 9.17) is 19.8 Å². The van der Waals surface area contributed by atoms with E-state index in [0.717, 1.165) is 11.4 Å². The van der Waals surface area contributed by atoms with Gasteiger partial charge in [-0.3, -0.25) is 0 Å². The average Bonchev–Trinajstić information content (AvgIpc) is 2.41. The van der Waals surface area contributed by atoms with Crippen LogP contribution < -0.4 is 74.6 Å². The van der Waals surface area contributed by atoms with Gasteiger partial charge in [0.2, 0.25) is 0 Å². The number of aliphatic carboxylic acids is 2. The van der Waals surface area contributed by atoms with Crippen molar-refractivity contribution in [2.24, 2.45) is 0 Å². The summed E-state index contributed by atoms with van der Waals surface area (Å²) in [6, 6.07) is 20.3. The van der Waals surface area contributed by atoms with Crippen LogP contribution in [0.25, 0.3) is 0 Å². The standard InChI is InChI=1S/C12H11N.C2H2O4.2Na/c1-3-7-11(8-4-1)13-12-9-5-2-6-10-12;3-1(4)2(5)6;;/h1-10,13H;(H,3,4)(H,5,6);;/q;;2*+1/p-2. The zero-order chi connectivity index (χ0) is 14.1. The van der Waals surface area contributed by atoms with Gasteiger partial charge in [-0.15, -0.1) is 0 Å². The number of para-hydroxylation sites is 2. The van der Waals surface area contributed by atoms with Gasteiger partial charge in [0.1, 0.15) is 0 Å². The molecule has 0 bridgehead atoms. The first-order valence-corrected chi connectivity index (χ1v) is 5.39. The maximum Gasteiger partial charge on any atom is 1.00 e. The molecule has 0 aromatic heterocycles. The molecule has 0 fully saturated rings. The molecule has 1 N–H and O–H groups in total. The molecular formula is C14H11NNa2O4. The molecule has 0 amide bonds. The van der Waals surface area contributed by atoms with Crippen LogP contribution in [0.1, 0.15) is 0 Å². The zero-order valence-electron chi connectivity index (χ0n) is 11.9. The van der Waals surface area contributed by atoms with Crippen molar-refractivity contribution in [3.8, 4) is 0 Å². The number of benzene rings is 2. The molecule has 0 aliphatic heterocycles. The van der Waals surface area contributed by atoms with Crippen LogP contribution in [-0.2, 0) is 9.59 Å². The molecule has 0 aliphatic rings. The van der Waals surface area contributed by atoms with Gasteiger partial charge in [-0.25, -0.2) is 0 Å². The fourth-order valence-electron chi connectivity index (χ4n) is 1.21. The minimum absolute atomic E-state index is 0. The number of carbonyl (C=O) groups excluding carboxylic acids is 2. The Morgan fingerprint density at radius 2 is 0.952 bits per heavy atom. The van der Waals surface area contributed by atoms with Crippen molar-refractivity contribution in [1.29, 1.82) is 0 Å². The fraction of sp³-hybridized carbons (Fsp3) is 0. The Balaban J connectivity index is 0. The second-order valence-electron chi connectivity index (χ2n) is 3.43. The fourth-order valence-corrected chi connectivity index (χ4v) is 1.21. The second-order valence-corrected chi connectivity index (χ2v) is 3.43. The molecular weight excluding hydrogens is 292 g/mol. The Kier molecular flexibility index (Phi) is 13.8. The Labute approximate surface area is 167 Å². The summed E-state index contributed by atoms with van der Waals surface area (Å²) in [7, 11) is 0. The molecule has 0 atom stereocenters. The van der Waals surface area contributed by atoms with Crippen LogP contribution in [0.4, 0.5) is 11.4 Å². The molecule has 0 radical (unpaired) electrons. The summed E-state index contributed by atoms with van der Waals surface area (Å²) in [5, 5.41) is 21.2. The number of carboxylic acids is 2. The number of carboxylic acid groups (broad SMARTS) is 2. The number of hydrogen-bond donors (Lipinski definition) is 1. The van der Waals surface area contributed by atoms with Crippen molar-refractivity contribution in [3.05, 3.63) is 60.7 Å². The Morgan fingerprint density at radius 1 is 0.667 bits per heavy atom. The molecule has 0 spiro atoms. The molecule has 2 aromatic carbocycles. The van der Waals surface area contributed by atoms with E-state index in [1.807, 2.05) is 60.7 Å². The predicted octanol–water partition coefficient (Wildman–Crippen LogP) is -6.08. The van der Waals surface area contributed by atoms with Gasteiger partial charge < -0.3 is 25.1 Å². The minimum atomic E-state index is -2.19. The molecule has 2 aromatic rings. The van der Waals surface area contributed by atoms with Gasteiger partial charge >= 0.3 is 59.1 Å². The van der Waals surface area contributed by atoms with Crippen LogP contribution in [-0.4, -0.2) is 11.9 Å². The third kappa shape index (κ3) is 10.5. The van der Waals surface area contributed by atoms with E-state index >= 15 is 0 Å². The van der Waals surface area contributed by atoms with E-state index in [1.54, 1.807) is 0 Å². The summed E-state index contributed by atoms with van der Waals surface area (Å²) >= 11 is 0. The second kappa shape index (κ2) is 12.9. The average molecular weight is 303 g/mol. The maximum absolute atomic E-state index is 8.93. The van der Waals surface area contributed by atoms with Crippen LogP contribution >= 0.6 is 0 Å². The normalized spacial score (nSPS) is 8.00. The molecule has 0 unspecified atom stereocenters. The summed E-state index contributed by atoms with van der Waals surface area (Å²) < 4.78 is 0. The van der Waals surface area contributed by atoms with Gasteiger partial charge in [0.25, 0.3) is 0 Å². The van der Waals surface area contributed by atoms with E-state index in [2.05, 4.69) is 5.32 Å². The monoisotopic (exact) mass is 303 g/mol. The van der Waals surface area contributed by atoms with Gasteiger partial charge in [-0.2, -0.15) is 0 Å². The quantitative estimate of drug-likeness (QED) is 0.440. The van der Waals surface area contributed by atoms with Crippen LogP contribution in [0.3, 0.4) is 0 Å². The van der Waals surface area contributed by atoms with Crippen molar-refractivity contribution >= 4 is 23.3 Å². The summed E-state index contributed by atoms with van der Waals surface area (Å²) in [5.41, 5.74) is 2.24. The first-order valence-electron chi connectivity index (χ1n) is 5.39. The molecule has 0 heterocycles. The Bertz CT molecular complexity index is 486. The van der Waals surface area contributed by atoms with Crippen molar-refractivity contribution in [2.45, 2.75) is 0 Å². The molecule has 7 heteroatoms. The smallest absolute Gasteiger partial charge is 0.543 e. The maximum atomic E-state index is 8.93. The van der Waals surface area contributed by atoms with Gasteiger partial charge in [0.05, 0.1) is 11.9 Å². The molecule has 0 saturated carbocycles. The molecule has 21 heavy (non-hydrogen) atoms. The van der Waals surface area contributed by atoms with Gasteiger partial charge in [0, 0.05) is 11.4 Å². The largest absolute Gasteiger partial charge is 1.00 e. The van der Waals surface area contributed by atoms with Crippen LogP contribution in [0.5, 0.6) is 0 Å². The summed E-state index contributed by atoms with van der Waals surface area (Å²) in [5.74, 6) is -4.37. The van der Waals surface area contributed by atoms with Crippen molar-refractivity contribution in [2.75, 3.05) is 5.32 Å². The number of rotatable bonds is 2. The number of anilines is 2. The predicted molar refractivity (Wildman–Crippen MR) is 66.2 cm³/mol. The van der Waals surface area contributed by atoms with Crippen LogP contribution in [0, 0.1) is 0 Å².